The molecule has 1 amide bonds. The fourth-order valence-electron chi connectivity index (χ4n) is 3.02. The van der Waals surface area contributed by atoms with E-state index < -0.39 is 0 Å². The zero-order valence-corrected chi connectivity index (χ0v) is 13.0. The molecular weight excluding hydrogens is 282 g/mol. The molecule has 1 aliphatic rings. The van der Waals surface area contributed by atoms with Crippen molar-refractivity contribution in [2.45, 2.75) is 37.5 Å². The van der Waals surface area contributed by atoms with E-state index in [1.54, 1.807) is 0 Å². The molecule has 112 valence electrons. The first-order chi connectivity index (χ1) is 10.2. The fraction of sp³-hybridized carbons (Fsp3) is 0.438. The van der Waals surface area contributed by atoms with E-state index >= 15 is 0 Å². The Labute approximate surface area is 128 Å². The number of carbonyl (C=O) groups is 1. The number of amides is 1. The molecule has 0 bridgehead atoms. The number of anilines is 1. The summed E-state index contributed by atoms with van der Waals surface area (Å²) in [5.74, 6) is 1.08. The minimum Gasteiger partial charge on any atom is -0.399 e. The Morgan fingerprint density at radius 2 is 2.29 bits per heavy atom. The summed E-state index contributed by atoms with van der Waals surface area (Å²) in [4.78, 5) is 15.6. The summed E-state index contributed by atoms with van der Waals surface area (Å²) in [6.45, 7) is 2.17. The van der Waals surface area contributed by atoms with Crippen LogP contribution >= 0.6 is 11.8 Å². The van der Waals surface area contributed by atoms with E-state index in [1.165, 1.54) is 12.8 Å². The van der Waals surface area contributed by atoms with Gasteiger partial charge in [0.1, 0.15) is 5.69 Å². The quantitative estimate of drug-likeness (QED) is 0.760. The molecule has 3 rings (SSSR count). The van der Waals surface area contributed by atoms with Crippen LogP contribution in [-0.2, 0) is 0 Å². The number of benzene rings is 1. The van der Waals surface area contributed by atoms with Gasteiger partial charge < -0.3 is 16.0 Å². The minimum absolute atomic E-state index is 0.0154. The van der Waals surface area contributed by atoms with E-state index in [9.17, 15) is 4.79 Å². The monoisotopic (exact) mass is 303 g/mol. The number of rotatable bonds is 4. The lowest BCUT2D eigenvalue weighted by Gasteiger charge is -2.19. The lowest BCUT2D eigenvalue weighted by molar-refractivity contribution is 0.0934. The smallest absolute Gasteiger partial charge is 0.267 e. The SMILES string of the molecule is CCSC1CCCC1NC(=O)c1cc2cc(N)ccc2[nH]1. The topological polar surface area (TPSA) is 70.9 Å². The van der Waals surface area contributed by atoms with Crippen LogP contribution in [0.25, 0.3) is 10.9 Å². The van der Waals surface area contributed by atoms with E-state index in [0.717, 1.165) is 23.1 Å². The number of hydrogen-bond donors (Lipinski definition) is 3. The van der Waals surface area contributed by atoms with Gasteiger partial charge in [-0.25, -0.2) is 0 Å². The Morgan fingerprint density at radius 3 is 3.10 bits per heavy atom. The second-order valence-electron chi connectivity index (χ2n) is 5.53. The Bertz CT molecular complexity index is 652. The van der Waals surface area contributed by atoms with Gasteiger partial charge in [-0.3, -0.25) is 4.79 Å². The number of nitrogen functional groups attached to an aromatic ring is 1. The van der Waals surface area contributed by atoms with Gasteiger partial charge >= 0.3 is 0 Å². The van der Waals surface area contributed by atoms with Crippen LogP contribution in [0, 0.1) is 0 Å². The number of aromatic amines is 1. The second-order valence-corrected chi connectivity index (χ2v) is 7.05. The van der Waals surface area contributed by atoms with Crippen molar-refractivity contribution in [3.05, 3.63) is 30.0 Å². The molecule has 2 aromatic rings. The normalized spacial score (nSPS) is 21.8. The van der Waals surface area contributed by atoms with Gasteiger partial charge in [-0.1, -0.05) is 13.3 Å². The Kier molecular flexibility index (Phi) is 4.10. The van der Waals surface area contributed by atoms with E-state index in [0.29, 0.717) is 22.7 Å². The molecule has 4 N–H and O–H groups in total. The highest BCUT2D eigenvalue weighted by molar-refractivity contribution is 7.99. The largest absolute Gasteiger partial charge is 0.399 e. The summed E-state index contributed by atoms with van der Waals surface area (Å²) in [7, 11) is 0. The molecule has 0 radical (unpaired) electrons. The molecule has 1 aliphatic carbocycles. The van der Waals surface area contributed by atoms with Gasteiger partial charge in [-0.05, 0) is 42.9 Å². The Balaban J connectivity index is 1.74. The van der Waals surface area contributed by atoms with Crippen LogP contribution in [0.5, 0.6) is 0 Å². The highest BCUT2D eigenvalue weighted by atomic mass is 32.2. The van der Waals surface area contributed by atoms with Gasteiger partial charge in [0.15, 0.2) is 0 Å². The maximum Gasteiger partial charge on any atom is 0.267 e. The summed E-state index contributed by atoms with van der Waals surface area (Å²) < 4.78 is 0. The van der Waals surface area contributed by atoms with E-state index in [1.807, 2.05) is 36.0 Å². The van der Waals surface area contributed by atoms with Crippen LogP contribution in [0.15, 0.2) is 24.3 Å². The minimum atomic E-state index is -0.0154. The molecule has 1 aromatic carbocycles. The van der Waals surface area contributed by atoms with Gasteiger partial charge in [0, 0.05) is 27.9 Å². The number of thioether (sulfide) groups is 1. The van der Waals surface area contributed by atoms with Gasteiger partial charge in [-0.2, -0.15) is 11.8 Å². The summed E-state index contributed by atoms with van der Waals surface area (Å²) in [6.07, 6.45) is 3.48. The third-order valence-electron chi connectivity index (χ3n) is 4.04. The lowest BCUT2D eigenvalue weighted by atomic mass is 10.2. The standard InChI is InChI=1S/C16H21N3OS/c1-2-21-15-5-3-4-13(15)19-16(20)14-9-10-8-11(17)6-7-12(10)18-14/h6-9,13,15,18H,2-5,17H2,1H3,(H,19,20). The number of nitrogens with one attached hydrogen (secondary N) is 2. The Morgan fingerprint density at radius 1 is 1.43 bits per heavy atom. The third-order valence-corrected chi connectivity index (χ3v) is 5.36. The van der Waals surface area contributed by atoms with Crippen molar-refractivity contribution in [2.24, 2.45) is 0 Å². The molecule has 2 atom stereocenters. The molecule has 0 saturated heterocycles. The van der Waals surface area contributed by atoms with E-state index in [2.05, 4.69) is 17.2 Å². The predicted octanol–water partition coefficient (Wildman–Crippen LogP) is 3.15. The van der Waals surface area contributed by atoms with Gasteiger partial charge in [0.2, 0.25) is 0 Å². The second kappa shape index (κ2) is 6.02. The van der Waals surface area contributed by atoms with Crippen LogP contribution in [0.4, 0.5) is 5.69 Å². The summed E-state index contributed by atoms with van der Waals surface area (Å²) >= 11 is 1.95. The van der Waals surface area contributed by atoms with Crippen molar-refractivity contribution in [1.29, 1.82) is 0 Å². The first kappa shape index (κ1) is 14.3. The molecule has 1 saturated carbocycles. The predicted molar refractivity (Wildman–Crippen MR) is 89.7 cm³/mol. The molecule has 21 heavy (non-hydrogen) atoms. The van der Waals surface area contributed by atoms with Gasteiger partial charge in [-0.15, -0.1) is 0 Å². The molecule has 0 aliphatic heterocycles. The summed E-state index contributed by atoms with van der Waals surface area (Å²) in [6, 6.07) is 7.79. The van der Waals surface area contributed by atoms with Crippen LogP contribution in [-0.4, -0.2) is 27.9 Å². The van der Waals surface area contributed by atoms with Crippen molar-refractivity contribution < 1.29 is 4.79 Å². The maximum atomic E-state index is 12.4. The molecule has 5 heteroatoms. The number of aromatic nitrogens is 1. The zero-order chi connectivity index (χ0) is 14.8. The zero-order valence-electron chi connectivity index (χ0n) is 12.2. The first-order valence-electron chi connectivity index (χ1n) is 7.48. The molecule has 1 aromatic heterocycles. The van der Waals surface area contributed by atoms with Crippen molar-refractivity contribution >= 4 is 34.3 Å². The average Bonchev–Trinajstić information content (AvgIpc) is 3.06. The summed E-state index contributed by atoms with van der Waals surface area (Å²) in [5.41, 5.74) is 8.05. The molecular formula is C16H21N3OS. The average molecular weight is 303 g/mol. The van der Waals surface area contributed by atoms with Gasteiger partial charge in [0.25, 0.3) is 5.91 Å². The number of fused-ring (bicyclic) bond motifs is 1. The Hall–Kier alpha value is -1.62. The van der Waals surface area contributed by atoms with Crippen molar-refractivity contribution in [1.82, 2.24) is 10.3 Å². The molecule has 4 nitrogen and oxygen atoms in total. The highest BCUT2D eigenvalue weighted by Gasteiger charge is 2.28. The van der Waals surface area contributed by atoms with Crippen LogP contribution in [0.1, 0.15) is 36.7 Å². The number of carbonyl (C=O) groups excluding carboxylic acids is 1. The molecule has 0 spiro atoms. The van der Waals surface area contributed by atoms with E-state index in [-0.39, 0.29) is 5.91 Å². The van der Waals surface area contributed by atoms with E-state index in [4.69, 9.17) is 5.73 Å². The molecule has 1 heterocycles. The number of nitrogens with two attached hydrogens (primary N) is 1. The molecule has 2 unspecified atom stereocenters. The van der Waals surface area contributed by atoms with Gasteiger partial charge in [0.05, 0.1) is 0 Å². The van der Waals surface area contributed by atoms with Crippen LogP contribution in [0.3, 0.4) is 0 Å². The highest BCUT2D eigenvalue weighted by Crippen LogP contribution is 2.30. The number of H-pyrrole nitrogens is 1. The maximum absolute atomic E-state index is 12.4. The van der Waals surface area contributed by atoms with Crippen LogP contribution in [0.2, 0.25) is 0 Å². The van der Waals surface area contributed by atoms with Crippen molar-refractivity contribution in [3.63, 3.8) is 0 Å². The van der Waals surface area contributed by atoms with Crippen molar-refractivity contribution in [2.75, 3.05) is 11.5 Å². The van der Waals surface area contributed by atoms with Crippen LogP contribution < -0.4 is 11.1 Å². The fourth-order valence-corrected chi connectivity index (χ4v) is 4.22. The van der Waals surface area contributed by atoms with Crippen molar-refractivity contribution in [3.8, 4) is 0 Å². The summed E-state index contributed by atoms with van der Waals surface area (Å²) in [5, 5.41) is 4.72. The molecule has 1 fully saturated rings. The number of hydrogen-bond acceptors (Lipinski definition) is 3. The lowest BCUT2D eigenvalue weighted by Crippen LogP contribution is -2.38. The first-order valence-corrected chi connectivity index (χ1v) is 8.53. The third kappa shape index (κ3) is 3.02.